The Morgan fingerprint density at radius 1 is 0.846 bits per heavy atom. The number of ether oxygens (including phenoxy) is 1. The van der Waals surface area contributed by atoms with Gasteiger partial charge in [-0.15, -0.1) is 0 Å². The molecule has 0 bridgehead atoms. The first-order valence-electron chi connectivity index (χ1n) is 8.53. The highest BCUT2D eigenvalue weighted by atomic mass is 127. The second-order valence-electron chi connectivity index (χ2n) is 6.20. The Morgan fingerprint density at radius 2 is 1.46 bits per heavy atom. The van der Waals surface area contributed by atoms with E-state index in [9.17, 15) is 4.79 Å². The van der Waals surface area contributed by atoms with Crippen molar-refractivity contribution in [3.63, 3.8) is 0 Å². The van der Waals surface area contributed by atoms with Crippen LogP contribution in [-0.2, 0) is 4.74 Å². The van der Waals surface area contributed by atoms with Crippen molar-refractivity contribution in [1.29, 1.82) is 0 Å². The first kappa shape index (κ1) is 17.0. The molecule has 0 spiro atoms. The molecule has 0 fully saturated rings. The van der Waals surface area contributed by atoms with Gasteiger partial charge in [0.2, 0.25) is 0 Å². The number of carbonyl (C=O) groups is 1. The Kier molecular flexibility index (Phi) is 4.89. The highest BCUT2D eigenvalue weighted by molar-refractivity contribution is 14.1. The van der Waals surface area contributed by atoms with Gasteiger partial charge in [0.15, 0.2) is 5.78 Å². The van der Waals surface area contributed by atoms with Crippen molar-refractivity contribution in [1.82, 2.24) is 0 Å². The molecule has 3 aromatic carbocycles. The van der Waals surface area contributed by atoms with Crippen LogP contribution >= 0.6 is 22.6 Å². The number of ketones is 1. The molecule has 1 aliphatic heterocycles. The van der Waals surface area contributed by atoms with Crippen molar-refractivity contribution in [2.45, 2.75) is 12.5 Å². The van der Waals surface area contributed by atoms with Crippen molar-refractivity contribution >= 4 is 37.7 Å². The fourth-order valence-electron chi connectivity index (χ4n) is 3.20. The van der Waals surface area contributed by atoms with Gasteiger partial charge in [0.05, 0.1) is 10.0 Å². The average molecular weight is 452 g/mol. The first-order valence-corrected chi connectivity index (χ1v) is 9.61. The lowest BCUT2D eigenvalue weighted by Crippen LogP contribution is -2.16. The minimum absolute atomic E-state index is 0.0923. The Hall–Kier alpha value is -2.40. The zero-order chi connectivity index (χ0) is 17.9. The molecule has 3 aromatic rings. The molecule has 0 saturated heterocycles. The zero-order valence-corrected chi connectivity index (χ0v) is 16.2. The van der Waals surface area contributed by atoms with Gasteiger partial charge in [-0.1, -0.05) is 84.9 Å². The highest BCUT2D eigenvalue weighted by Gasteiger charge is 2.29. The zero-order valence-electron chi connectivity index (χ0n) is 14.1. The third kappa shape index (κ3) is 3.31. The molecule has 1 atom stereocenters. The lowest BCUT2D eigenvalue weighted by molar-refractivity contribution is 0.0872. The van der Waals surface area contributed by atoms with Crippen LogP contribution in [-0.4, -0.2) is 5.78 Å². The SMILES string of the molecule is O=C(CC1OC(c2ccccc2)=C(I)c2ccccc21)c1ccccc1. The predicted molar refractivity (Wildman–Crippen MR) is 113 cm³/mol. The van der Waals surface area contributed by atoms with Gasteiger partial charge in [-0.3, -0.25) is 4.79 Å². The molecule has 1 heterocycles. The van der Waals surface area contributed by atoms with Crippen LogP contribution < -0.4 is 0 Å². The standard InChI is InChI=1S/C23H17IO2/c24-22-19-14-8-7-13-18(19)21(15-20(25)16-9-3-1-4-10-16)26-23(22)17-11-5-2-6-12-17/h1-14,21H,15H2. The number of hydrogen-bond donors (Lipinski definition) is 0. The molecule has 2 nitrogen and oxygen atoms in total. The lowest BCUT2D eigenvalue weighted by Gasteiger charge is -2.29. The molecule has 0 amide bonds. The number of benzene rings is 3. The van der Waals surface area contributed by atoms with Gasteiger partial charge in [0, 0.05) is 16.7 Å². The third-order valence-electron chi connectivity index (χ3n) is 4.51. The smallest absolute Gasteiger partial charge is 0.166 e. The Balaban J connectivity index is 1.72. The minimum atomic E-state index is -0.285. The quantitative estimate of drug-likeness (QED) is 0.344. The van der Waals surface area contributed by atoms with Crippen molar-refractivity contribution in [3.05, 3.63) is 107 Å². The summed E-state index contributed by atoms with van der Waals surface area (Å²) in [5.41, 5.74) is 3.97. The highest BCUT2D eigenvalue weighted by Crippen LogP contribution is 2.45. The van der Waals surface area contributed by atoms with E-state index in [2.05, 4.69) is 34.7 Å². The molecular weight excluding hydrogens is 435 g/mol. The summed E-state index contributed by atoms with van der Waals surface area (Å²) in [5.74, 6) is 0.936. The monoisotopic (exact) mass is 452 g/mol. The molecule has 0 saturated carbocycles. The van der Waals surface area contributed by atoms with Crippen molar-refractivity contribution in [3.8, 4) is 0 Å². The minimum Gasteiger partial charge on any atom is -0.483 e. The van der Waals surface area contributed by atoms with Gasteiger partial charge < -0.3 is 4.74 Å². The maximum absolute atomic E-state index is 12.7. The molecule has 1 aliphatic rings. The molecule has 0 aliphatic carbocycles. The van der Waals surface area contributed by atoms with Crippen LogP contribution in [0.4, 0.5) is 0 Å². The largest absolute Gasteiger partial charge is 0.483 e. The van der Waals surface area contributed by atoms with E-state index in [1.165, 1.54) is 0 Å². The van der Waals surface area contributed by atoms with Crippen LogP contribution in [0, 0.1) is 0 Å². The van der Waals surface area contributed by atoms with Crippen molar-refractivity contribution < 1.29 is 9.53 Å². The summed E-state index contributed by atoms with van der Waals surface area (Å²) in [6.45, 7) is 0. The van der Waals surface area contributed by atoms with Crippen LogP contribution in [0.25, 0.3) is 9.34 Å². The van der Waals surface area contributed by atoms with E-state index in [0.717, 1.165) is 31.6 Å². The summed E-state index contributed by atoms with van der Waals surface area (Å²) < 4.78 is 7.43. The molecule has 1 unspecified atom stereocenters. The molecule has 3 heteroatoms. The predicted octanol–water partition coefficient (Wildman–Crippen LogP) is 6.29. The van der Waals surface area contributed by atoms with E-state index in [1.54, 1.807) is 0 Å². The van der Waals surface area contributed by atoms with Gasteiger partial charge in [0.1, 0.15) is 11.9 Å². The molecule has 26 heavy (non-hydrogen) atoms. The number of carbonyl (C=O) groups excluding carboxylic acids is 1. The van der Waals surface area contributed by atoms with Crippen LogP contribution in [0.5, 0.6) is 0 Å². The van der Waals surface area contributed by atoms with Gasteiger partial charge in [0.25, 0.3) is 0 Å². The number of fused-ring (bicyclic) bond motifs is 1. The Labute approximate surface area is 166 Å². The molecule has 128 valence electrons. The van der Waals surface area contributed by atoms with Crippen molar-refractivity contribution in [2.75, 3.05) is 0 Å². The number of rotatable bonds is 4. The Morgan fingerprint density at radius 3 is 2.19 bits per heavy atom. The third-order valence-corrected chi connectivity index (χ3v) is 5.58. The lowest BCUT2D eigenvalue weighted by atomic mass is 9.93. The van der Waals surface area contributed by atoms with Gasteiger partial charge in [-0.05, 0) is 28.2 Å². The summed E-state index contributed by atoms with van der Waals surface area (Å²) in [4.78, 5) is 12.7. The summed E-state index contributed by atoms with van der Waals surface area (Å²) in [6.07, 6.45) is 0.0361. The summed E-state index contributed by atoms with van der Waals surface area (Å²) >= 11 is 2.34. The summed E-state index contributed by atoms with van der Waals surface area (Å²) in [6, 6.07) is 27.7. The Bertz CT molecular complexity index is 962. The fraction of sp³-hybridized carbons (Fsp3) is 0.0870. The van der Waals surface area contributed by atoms with Crippen LogP contribution in [0.3, 0.4) is 0 Å². The van der Waals surface area contributed by atoms with E-state index in [0.29, 0.717) is 6.42 Å². The molecule has 0 radical (unpaired) electrons. The van der Waals surface area contributed by atoms with E-state index in [4.69, 9.17) is 4.74 Å². The van der Waals surface area contributed by atoms with E-state index >= 15 is 0 Å². The van der Waals surface area contributed by atoms with Crippen LogP contribution in [0.2, 0.25) is 0 Å². The second kappa shape index (κ2) is 7.46. The topological polar surface area (TPSA) is 26.3 Å². The maximum Gasteiger partial charge on any atom is 0.166 e. The number of hydrogen-bond acceptors (Lipinski definition) is 2. The second-order valence-corrected chi connectivity index (χ2v) is 7.27. The van der Waals surface area contributed by atoms with E-state index in [1.807, 2.05) is 72.8 Å². The molecular formula is C23H17IO2. The summed E-state index contributed by atoms with van der Waals surface area (Å²) in [5, 5.41) is 0. The van der Waals surface area contributed by atoms with E-state index < -0.39 is 0 Å². The fourth-order valence-corrected chi connectivity index (χ4v) is 4.13. The number of Topliss-reactive ketones (excluding diaryl/α,β-unsaturated/α-hetero) is 1. The molecule has 0 N–H and O–H groups in total. The average Bonchev–Trinajstić information content (AvgIpc) is 2.71. The first-order chi connectivity index (χ1) is 12.7. The molecule has 0 aromatic heterocycles. The van der Waals surface area contributed by atoms with Gasteiger partial charge >= 0.3 is 0 Å². The van der Waals surface area contributed by atoms with Crippen molar-refractivity contribution in [2.24, 2.45) is 0 Å². The normalized spacial score (nSPS) is 16.0. The van der Waals surface area contributed by atoms with Crippen LogP contribution in [0.1, 0.15) is 39.6 Å². The van der Waals surface area contributed by atoms with Crippen LogP contribution in [0.15, 0.2) is 84.9 Å². The molecule has 4 rings (SSSR count). The van der Waals surface area contributed by atoms with Gasteiger partial charge in [-0.2, -0.15) is 0 Å². The number of halogens is 1. The van der Waals surface area contributed by atoms with Gasteiger partial charge in [-0.25, -0.2) is 0 Å². The summed E-state index contributed by atoms with van der Waals surface area (Å²) in [7, 11) is 0. The van der Waals surface area contributed by atoms with E-state index in [-0.39, 0.29) is 11.9 Å². The maximum atomic E-state index is 12.7.